The Morgan fingerprint density at radius 2 is 2.41 bits per heavy atom. The number of hydrogen-bond donors (Lipinski definition) is 1. The average molecular weight is 234 g/mol. The van der Waals surface area contributed by atoms with Crippen LogP contribution in [0.15, 0.2) is 18.3 Å². The number of pyridine rings is 1. The number of rotatable bonds is 4. The third kappa shape index (κ3) is 2.78. The summed E-state index contributed by atoms with van der Waals surface area (Å²) in [5.41, 5.74) is 0.949. The van der Waals surface area contributed by atoms with Crippen LogP contribution in [0.5, 0.6) is 0 Å². The van der Waals surface area contributed by atoms with E-state index in [2.05, 4.69) is 16.8 Å². The van der Waals surface area contributed by atoms with E-state index in [4.69, 9.17) is 0 Å². The molecule has 1 aromatic heterocycles. The molecule has 2 atom stereocenters. The molecule has 0 amide bonds. The number of aliphatic hydroxyl groups is 1. The van der Waals surface area contributed by atoms with Crippen molar-refractivity contribution in [3.8, 4) is 0 Å². The molecule has 1 fully saturated rings. The van der Waals surface area contributed by atoms with Gasteiger partial charge in [-0.25, -0.2) is 4.98 Å². The maximum Gasteiger partial charge on any atom is 0.134 e. The minimum absolute atomic E-state index is 0.441. The van der Waals surface area contributed by atoms with Gasteiger partial charge < -0.3 is 10.0 Å². The normalized spacial score (nSPS) is 21.8. The van der Waals surface area contributed by atoms with Gasteiger partial charge in [0.05, 0.1) is 6.10 Å². The standard InChI is InChI=1S/C14H22N2O/c1-3-5-12-7-9-16(10-12)14-13(11(2)17)6-4-8-15-14/h4,6,8,11-12,17H,3,5,7,9-10H2,1-2H3. The van der Waals surface area contributed by atoms with Crippen LogP contribution in [0.25, 0.3) is 0 Å². The lowest BCUT2D eigenvalue weighted by Gasteiger charge is -2.21. The van der Waals surface area contributed by atoms with Crippen molar-refractivity contribution in [2.24, 2.45) is 5.92 Å². The molecule has 3 heteroatoms. The summed E-state index contributed by atoms with van der Waals surface area (Å²) in [5.74, 6) is 1.77. The molecular formula is C14H22N2O. The lowest BCUT2D eigenvalue weighted by Crippen LogP contribution is -2.22. The number of aliphatic hydroxyl groups excluding tert-OH is 1. The van der Waals surface area contributed by atoms with Crippen molar-refractivity contribution in [3.05, 3.63) is 23.9 Å². The molecule has 1 aliphatic rings. The second-order valence-electron chi connectivity index (χ2n) is 4.98. The van der Waals surface area contributed by atoms with E-state index in [-0.39, 0.29) is 0 Å². The number of anilines is 1. The van der Waals surface area contributed by atoms with Crippen molar-refractivity contribution in [1.82, 2.24) is 4.98 Å². The van der Waals surface area contributed by atoms with Crippen LogP contribution in [-0.4, -0.2) is 23.2 Å². The Balaban J connectivity index is 2.13. The highest BCUT2D eigenvalue weighted by Crippen LogP contribution is 2.29. The number of nitrogens with zero attached hydrogens (tertiary/aromatic N) is 2. The maximum absolute atomic E-state index is 9.77. The van der Waals surface area contributed by atoms with Gasteiger partial charge in [-0.3, -0.25) is 0 Å². The lowest BCUT2D eigenvalue weighted by atomic mass is 10.0. The van der Waals surface area contributed by atoms with Gasteiger partial charge >= 0.3 is 0 Å². The molecule has 94 valence electrons. The first-order valence-corrected chi connectivity index (χ1v) is 6.60. The van der Waals surface area contributed by atoms with Gasteiger partial charge in [-0.2, -0.15) is 0 Å². The smallest absolute Gasteiger partial charge is 0.134 e. The Morgan fingerprint density at radius 1 is 1.59 bits per heavy atom. The summed E-state index contributed by atoms with van der Waals surface area (Å²) in [7, 11) is 0. The molecular weight excluding hydrogens is 212 g/mol. The van der Waals surface area contributed by atoms with Gasteiger partial charge in [0.1, 0.15) is 5.82 Å². The molecule has 1 aliphatic heterocycles. The molecule has 0 spiro atoms. The fraction of sp³-hybridized carbons (Fsp3) is 0.643. The Labute approximate surface area is 103 Å². The predicted molar refractivity (Wildman–Crippen MR) is 70.1 cm³/mol. The van der Waals surface area contributed by atoms with E-state index in [1.165, 1.54) is 19.3 Å². The van der Waals surface area contributed by atoms with Crippen molar-refractivity contribution in [1.29, 1.82) is 0 Å². The van der Waals surface area contributed by atoms with E-state index in [9.17, 15) is 5.11 Å². The van der Waals surface area contributed by atoms with Gasteiger partial charge in [-0.1, -0.05) is 19.4 Å². The molecule has 2 unspecified atom stereocenters. The van der Waals surface area contributed by atoms with Crippen LogP contribution in [0.4, 0.5) is 5.82 Å². The van der Waals surface area contributed by atoms with Gasteiger partial charge in [0.2, 0.25) is 0 Å². The highest BCUT2D eigenvalue weighted by atomic mass is 16.3. The Morgan fingerprint density at radius 3 is 3.12 bits per heavy atom. The summed E-state index contributed by atoms with van der Waals surface area (Å²) >= 11 is 0. The molecule has 2 rings (SSSR count). The topological polar surface area (TPSA) is 36.4 Å². The Kier molecular flexibility index (Phi) is 4.00. The van der Waals surface area contributed by atoms with Crippen LogP contribution in [0.1, 0.15) is 44.8 Å². The summed E-state index contributed by atoms with van der Waals surface area (Å²) in [4.78, 5) is 6.76. The van der Waals surface area contributed by atoms with Crippen LogP contribution in [0.2, 0.25) is 0 Å². The molecule has 2 heterocycles. The highest BCUT2D eigenvalue weighted by Gasteiger charge is 2.25. The van der Waals surface area contributed by atoms with Crippen molar-refractivity contribution < 1.29 is 5.11 Å². The zero-order valence-corrected chi connectivity index (χ0v) is 10.8. The summed E-state index contributed by atoms with van der Waals surface area (Å²) in [6.07, 6.45) is 5.18. The van der Waals surface area contributed by atoms with Crippen molar-refractivity contribution in [2.75, 3.05) is 18.0 Å². The lowest BCUT2D eigenvalue weighted by molar-refractivity contribution is 0.199. The summed E-state index contributed by atoms with van der Waals surface area (Å²) in [6.45, 7) is 6.21. The monoisotopic (exact) mass is 234 g/mol. The van der Waals surface area contributed by atoms with Crippen molar-refractivity contribution in [3.63, 3.8) is 0 Å². The molecule has 3 nitrogen and oxygen atoms in total. The molecule has 0 bridgehead atoms. The zero-order valence-electron chi connectivity index (χ0n) is 10.8. The SMILES string of the molecule is CCCC1CCN(c2ncccc2C(C)O)C1. The predicted octanol–water partition coefficient (Wildman–Crippen LogP) is 2.76. The molecule has 0 radical (unpaired) electrons. The van der Waals surface area contributed by atoms with E-state index >= 15 is 0 Å². The van der Waals surface area contributed by atoms with Crippen molar-refractivity contribution >= 4 is 5.82 Å². The maximum atomic E-state index is 9.77. The summed E-state index contributed by atoms with van der Waals surface area (Å²) in [5, 5.41) is 9.77. The summed E-state index contributed by atoms with van der Waals surface area (Å²) in [6, 6.07) is 3.87. The molecule has 1 N–H and O–H groups in total. The van der Waals surface area contributed by atoms with Crippen LogP contribution < -0.4 is 4.90 Å². The third-order valence-electron chi connectivity index (χ3n) is 3.55. The van der Waals surface area contributed by atoms with Gasteiger partial charge in [-0.05, 0) is 31.7 Å². The molecule has 0 aliphatic carbocycles. The van der Waals surface area contributed by atoms with Crippen LogP contribution in [0.3, 0.4) is 0 Å². The second kappa shape index (κ2) is 5.50. The van der Waals surface area contributed by atoms with Crippen LogP contribution >= 0.6 is 0 Å². The minimum atomic E-state index is -0.441. The molecule has 0 saturated carbocycles. The van der Waals surface area contributed by atoms with E-state index < -0.39 is 6.10 Å². The number of aromatic nitrogens is 1. The van der Waals surface area contributed by atoms with E-state index in [0.29, 0.717) is 0 Å². The Hall–Kier alpha value is -1.09. The van der Waals surface area contributed by atoms with Crippen molar-refractivity contribution in [2.45, 2.75) is 39.2 Å². The van der Waals surface area contributed by atoms with Gasteiger partial charge in [0.25, 0.3) is 0 Å². The van der Waals surface area contributed by atoms with Gasteiger partial charge in [0.15, 0.2) is 0 Å². The van der Waals surface area contributed by atoms with E-state index in [1.807, 2.05) is 18.3 Å². The fourth-order valence-electron chi connectivity index (χ4n) is 2.67. The summed E-state index contributed by atoms with van der Waals surface area (Å²) < 4.78 is 0. The van der Waals surface area contributed by atoms with E-state index in [0.717, 1.165) is 30.4 Å². The first-order valence-electron chi connectivity index (χ1n) is 6.60. The fourth-order valence-corrected chi connectivity index (χ4v) is 2.67. The average Bonchev–Trinajstić information content (AvgIpc) is 2.78. The first kappa shape index (κ1) is 12.4. The zero-order chi connectivity index (χ0) is 12.3. The largest absolute Gasteiger partial charge is 0.389 e. The van der Waals surface area contributed by atoms with Gasteiger partial charge in [-0.15, -0.1) is 0 Å². The first-order chi connectivity index (χ1) is 8.22. The van der Waals surface area contributed by atoms with E-state index in [1.54, 1.807) is 6.92 Å². The second-order valence-corrected chi connectivity index (χ2v) is 4.98. The van der Waals surface area contributed by atoms with Crippen LogP contribution in [0, 0.1) is 5.92 Å². The molecule has 1 saturated heterocycles. The van der Waals surface area contributed by atoms with Gasteiger partial charge in [0, 0.05) is 24.8 Å². The van der Waals surface area contributed by atoms with Crippen LogP contribution in [-0.2, 0) is 0 Å². The Bertz CT molecular complexity index is 365. The highest BCUT2D eigenvalue weighted by molar-refractivity contribution is 5.48. The molecule has 1 aromatic rings. The number of hydrogen-bond acceptors (Lipinski definition) is 3. The third-order valence-corrected chi connectivity index (χ3v) is 3.55. The molecule has 17 heavy (non-hydrogen) atoms. The molecule has 0 aromatic carbocycles. The quantitative estimate of drug-likeness (QED) is 0.870. The minimum Gasteiger partial charge on any atom is -0.389 e.